The summed E-state index contributed by atoms with van der Waals surface area (Å²) >= 11 is 0. The lowest BCUT2D eigenvalue weighted by atomic mass is 9.63. The molecule has 35 heavy (non-hydrogen) atoms. The van der Waals surface area contributed by atoms with Crippen molar-refractivity contribution in [2.45, 2.75) is 64.2 Å². The Hall–Kier alpha value is -2.86. The fraction of sp³-hybridized carbons (Fsp3) is 0.438. The predicted octanol–water partition coefficient (Wildman–Crippen LogP) is 8.59. The quantitative estimate of drug-likeness (QED) is 0.288. The van der Waals surface area contributed by atoms with Crippen molar-refractivity contribution in [3.63, 3.8) is 0 Å². The molecule has 2 aromatic carbocycles. The van der Waals surface area contributed by atoms with Gasteiger partial charge in [0.2, 0.25) is 0 Å². The maximum Gasteiger partial charge on any atom is 0.142 e. The minimum Gasteiger partial charge on any atom is -0.490 e. The second-order valence-electron chi connectivity index (χ2n) is 10.1. The molecule has 0 saturated heterocycles. The van der Waals surface area contributed by atoms with Crippen LogP contribution in [-0.2, 0) is 0 Å². The summed E-state index contributed by atoms with van der Waals surface area (Å²) in [6.07, 6.45) is 15.7. The molecule has 0 spiro atoms. The molecule has 2 saturated carbocycles. The zero-order valence-corrected chi connectivity index (χ0v) is 20.7. The minimum atomic E-state index is -0.562. The Balaban J connectivity index is 1.39. The van der Waals surface area contributed by atoms with Crippen LogP contribution in [0.15, 0.2) is 61.2 Å². The molecule has 2 aromatic rings. The molecule has 0 amide bonds. The average molecular weight is 475 g/mol. The Kier molecular flexibility index (Phi) is 8.80. The molecule has 0 bridgehead atoms. The Morgan fingerprint density at radius 2 is 1.69 bits per heavy atom. The van der Waals surface area contributed by atoms with Gasteiger partial charge in [-0.05, 0) is 118 Å². The third kappa shape index (κ3) is 6.63. The number of benzene rings is 2. The first-order chi connectivity index (χ1) is 17.1. The molecule has 184 valence electrons. The van der Waals surface area contributed by atoms with Crippen LogP contribution in [0, 0.1) is 41.2 Å². The van der Waals surface area contributed by atoms with E-state index in [1.807, 2.05) is 0 Å². The first-order valence-corrected chi connectivity index (χ1v) is 13.0. The van der Waals surface area contributed by atoms with Crippen LogP contribution in [0.1, 0.15) is 80.9 Å². The largest absolute Gasteiger partial charge is 0.490 e. The van der Waals surface area contributed by atoms with Gasteiger partial charge in [0.1, 0.15) is 24.0 Å². The highest BCUT2D eigenvalue weighted by molar-refractivity contribution is 5.46. The lowest BCUT2D eigenvalue weighted by Crippen LogP contribution is -2.30. The van der Waals surface area contributed by atoms with Gasteiger partial charge in [-0.3, -0.25) is 0 Å². The minimum absolute atomic E-state index is 0.156. The van der Waals surface area contributed by atoms with Crippen LogP contribution in [0.5, 0.6) is 5.75 Å². The third-order valence-corrected chi connectivity index (χ3v) is 7.79. The van der Waals surface area contributed by atoms with Gasteiger partial charge in [-0.1, -0.05) is 43.1 Å². The van der Waals surface area contributed by atoms with E-state index in [-0.39, 0.29) is 11.5 Å². The number of hydrogen-bond acceptors (Lipinski definition) is 1. The van der Waals surface area contributed by atoms with Gasteiger partial charge in [0.05, 0.1) is 5.56 Å². The van der Waals surface area contributed by atoms with E-state index in [2.05, 4.69) is 37.5 Å². The van der Waals surface area contributed by atoms with E-state index >= 15 is 0 Å². The first kappa shape index (κ1) is 25.2. The normalized spacial score (nSPS) is 23.9. The molecule has 4 atom stereocenters. The Labute approximate surface area is 209 Å². The van der Waals surface area contributed by atoms with Crippen LogP contribution in [-0.4, -0.2) is 6.61 Å². The highest BCUT2D eigenvalue weighted by Gasteiger charge is 2.36. The molecule has 4 unspecified atom stereocenters. The molecule has 3 heteroatoms. The van der Waals surface area contributed by atoms with E-state index in [1.54, 1.807) is 30.3 Å². The topological polar surface area (TPSA) is 9.23 Å². The molecule has 0 aliphatic heterocycles. The summed E-state index contributed by atoms with van der Waals surface area (Å²) in [6.45, 7) is 6.13. The second-order valence-corrected chi connectivity index (χ2v) is 10.1. The highest BCUT2D eigenvalue weighted by Crippen LogP contribution is 2.48. The third-order valence-electron chi connectivity index (χ3n) is 7.79. The summed E-state index contributed by atoms with van der Waals surface area (Å²) in [4.78, 5) is 0. The molecule has 2 fully saturated rings. The van der Waals surface area contributed by atoms with Gasteiger partial charge in [0.15, 0.2) is 0 Å². The summed E-state index contributed by atoms with van der Waals surface area (Å²) in [7, 11) is 0. The van der Waals surface area contributed by atoms with E-state index in [1.165, 1.54) is 50.7 Å². The Bertz CT molecular complexity index is 1070. The van der Waals surface area contributed by atoms with Crippen molar-refractivity contribution >= 4 is 0 Å². The van der Waals surface area contributed by atoms with Crippen molar-refractivity contribution in [1.82, 2.24) is 0 Å². The monoisotopic (exact) mass is 474 g/mol. The van der Waals surface area contributed by atoms with Gasteiger partial charge in [-0.2, -0.15) is 0 Å². The van der Waals surface area contributed by atoms with Crippen molar-refractivity contribution < 1.29 is 13.5 Å². The maximum atomic E-state index is 14.9. The fourth-order valence-electron chi connectivity index (χ4n) is 5.92. The summed E-state index contributed by atoms with van der Waals surface area (Å²) in [5, 5.41) is 0. The summed E-state index contributed by atoms with van der Waals surface area (Å²) < 4.78 is 35.3. The molecule has 0 N–H and O–H groups in total. The molecule has 1 nitrogen and oxygen atoms in total. The zero-order chi connectivity index (χ0) is 24.6. The van der Waals surface area contributed by atoms with E-state index < -0.39 is 11.6 Å². The van der Waals surface area contributed by atoms with Crippen LogP contribution < -0.4 is 4.74 Å². The van der Waals surface area contributed by atoms with Gasteiger partial charge >= 0.3 is 0 Å². The highest BCUT2D eigenvalue weighted by atomic mass is 19.1. The van der Waals surface area contributed by atoms with E-state index in [4.69, 9.17) is 4.74 Å². The van der Waals surface area contributed by atoms with E-state index in [0.717, 1.165) is 30.2 Å². The fourth-order valence-corrected chi connectivity index (χ4v) is 5.92. The van der Waals surface area contributed by atoms with Crippen molar-refractivity contribution in [3.8, 4) is 17.6 Å². The predicted molar refractivity (Wildman–Crippen MR) is 139 cm³/mol. The van der Waals surface area contributed by atoms with Crippen LogP contribution in [0.2, 0.25) is 0 Å². The summed E-state index contributed by atoms with van der Waals surface area (Å²) in [6, 6.07) is 10.2. The molecule has 2 aliphatic carbocycles. The van der Waals surface area contributed by atoms with Gasteiger partial charge in [0.25, 0.3) is 0 Å². The summed E-state index contributed by atoms with van der Waals surface area (Å²) in [5.41, 5.74) is 1.32. The zero-order valence-electron chi connectivity index (χ0n) is 20.7. The lowest BCUT2D eigenvalue weighted by molar-refractivity contribution is 0.115. The van der Waals surface area contributed by atoms with Crippen LogP contribution in [0.3, 0.4) is 0 Å². The van der Waals surface area contributed by atoms with E-state index in [9.17, 15) is 8.78 Å². The van der Waals surface area contributed by atoms with Crippen molar-refractivity contribution in [2.75, 3.05) is 6.61 Å². The Morgan fingerprint density at radius 3 is 2.40 bits per heavy atom. The molecular weight excluding hydrogens is 438 g/mol. The second kappa shape index (κ2) is 12.2. The maximum absolute atomic E-state index is 14.9. The van der Waals surface area contributed by atoms with Gasteiger partial charge in [-0.15, -0.1) is 0 Å². The van der Waals surface area contributed by atoms with Crippen molar-refractivity contribution in [3.05, 3.63) is 89.5 Å². The number of halogens is 2. The molecule has 0 aromatic heterocycles. The van der Waals surface area contributed by atoms with Gasteiger partial charge in [-0.25, -0.2) is 8.78 Å². The molecule has 0 radical (unpaired) electrons. The average Bonchev–Trinajstić information content (AvgIpc) is 2.87. The number of hydrogen-bond donors (Lipinski definition) is 0. The van der Waals surface area contributed by atoms with Gasteiger partial charge in [0, 0.05) is 5.56 Å². The van der Waals surface area contributed by atoms with E-state index in [0.29, 0.717) is 23.8 Å². The SMILES string of the molecule is C=CCOc1ccc(C#Cc2c(F)cc(C3CCC4CC(CC/C=C/C)CCC4C3)cc2F)cc1. The van der Waals surface area contributed by atoms with Crippen LogP contribution >= 0.6 is 0 Å². The van der Waals surface area contributed by atoms with Crippen LogP contribution in [0.25, 0.3) is 0 Å². The number of fused-ring (bicyclic) bond motifs is 1. The van der Waals surface area contributed by atoms with Crippen molar-refractivity contribution in [1.29, 1.82) is 0 Å². The van der Waals surface area contributed by atoms with Gasteiger partial charge < -0.3 is 4.74 Å². The number of ether oxygens (including phenoxy) is 1. The molecule has 2 aliphatic rings. The summed E-state index contributed by atoms with van der Waals surface area (Å²) in [5.74, 6) is 7.71. The Morgan fingerprint density at radius 1 is 0.971 bits per heavy atom. The standard InChI is InChI=1S/C32H36F2O/c1-3-5-6-7-24-8-12-26-20-27(14-13-25(26)19-24)28-21-31(33)30(32(34)22-28)17-11-23-9-15-29(16-10-23)35-18-4-2/h3-5,9-10,15-16,21-22,24-27H,2,6-8,12-14,18-20H2,1H3/b5-3+. The lowest BCUT2D eigenvalue weighted by Gasteiger charge is -2.42. The smallest absolute Gasteiger partial charge is 0.142 e. The van der Waals surface area contributed by atoms with Crippen LogP contribution in [0.4, 0.5) is 8.78 Å². The first-order valence-electron chi connectivity index (χ1n) is 13.0. The van der Waals surface area contributed by atoms with Crippen molar-refractivity contribution in [2.24, 2.45) is 17.8 Å². The number of rotatable bonds is 7. The number of allylic oxidation sites excluding steroid dienone is 2. The molecule has 4 rings (SSSR count). The molecular formula is C32H36F2O. The molecule has 0 heterocycles.